The van der Waals surface area contributed by atoms with Gasteiger partial charge in [0.2, 0.25) is 53.2 Å². The monoisotopic (exact) mass is 1830 g/mol. The molecule has 0 spiro atoms. The Labute approximate surface area is 741 Å². The molecule has 3 heterocycles. The van der Waals surface area contributed by atoms with E-state index in [1.165, 1.54) is 20.8 Å². The lowest BCUT2D eigenvalue weighted by molar-refractivity contribution is -0.277. The van der Waals surface area contributed by atoms with Crippen LogP contribution in [0.3, 0.4) is 0 Å². The van der Waals surface area contributed by atoms with Crippen LogP contribution in [0.4, 0.5) is 0 Å². The van der Waals surface area contributed by atoms with Crippen LogP contribution in [-0.4, -0.2) is 324 Å². The molecule has 0 aromatic carbocycles. The molecule has 0 radical (unpaired) electrons. The predicted octanol–water partition coefficient (Wildman–Crippen LogP) is -1.10. The van der Waals surface area contributed by atoms with Crippen molar-refractivity contribution < 1.29 is 172 Å². The van der Waals surface area contributed by atoms with E-state index in [4.69, 9.17) is 85.3 Å². The molecule has 15 atom stereocenters. The Hall–Kier alpha value is -10.6. The number of unbranched alkanes of at least 4 members (excludes halogenated alkanes) is 3. The Balaban J connectivity index is 1.53. The van der Waals surface area contributed by atoms with Crippen molar-refractivity contribution in [3.63, 3.8) is 0 Å². The van der Waals surface area contributed by atoms with E-state index >= 15 is 0 Å². The second kappa shape index (κ2) is 62.6. The van der Waals surface area contributed by atoms with Crippen molar-refractivity contribution >= 4 is 107 Å². The zero-order valence-corrected chi connectivity index (χ0v) is 74.7. The first-order valence-corrected chi connectivity index (χ1v) is 42.2. The number of rotatable bonds is 62. The number of hydrogen-bond donors (Lipinski definition) is 9. The van der Waals surface area contributed by atoms with Gasteiger partial charge in [0, 0.05) is 198 Å². The van der Waals surface area contributed by atoms with Crippen LogP contribution in [-0.2, 0) is 172 Å². The normalized spacial score (nSPS) is 22.0. The number of ether oxygens (including phenoxy) is 18. The fraction of sp³-hybridized carbons (Fsp3) is 0.775. The minimum atomic E-state index is -1.31. The zero-order valence-electron chi connectivity index (χ0n) is 74.7. The maximum Gasteiger partial charge on any atom is 0.303 e. The van der Waals surface area contributed by atoms with Gasteiger partial charge in [0.05, 0.1) is 39.6 Å². The molecule has 0 aromatic heterocycles. The molecule has 128 heavy (non-hydrogen) atoms. The molecular weight excluding hydrogens is 1700 g/mol. The number of esters is 9. The van der Waals surface area contributed by atoms with E-state index in [0.29, 0.717) is 57.8 Å². The Bertz CT molecular complexity index is 3300. The third-order valence-corrected chi connectivity index (χ3v) is 18.6. The number of nitrogens with zero attached hydrogens (tertiary/aromatic N) is 3. The number of azide groups is 1. The summed E-state index contributed by atoms with van der Waals surface area (Å²) in [6.07, 6.45) is -12.3. The van der Waals surface area contributed by atoms with Crippen molar-refractivity contribution in [2.24, 2.45) is 10.5 Å². The molecule has 8 unspecified atom stereocenters. The summed E-state index contributed by atoms with van der Waals surface area (Å²) >= 11 is 0. The summed E-state index contributed by atoms with van der Waals surface area (Å²) in [5.41, 5.74) is 8.27. The molecule has 0 aliphatic carbocycles. The highest BCUT2D eigenvalue weighted by atomic mass is 16.7. The van der Waals surface area contributed by atoms with Gasteiger partial charge in [-0.05, 0) is 63.3 Å². The molecule has 0 saturated carbocycles. The van der Waals surface area contributed by atoms with Crippen molar-refractivity contribution in [2.45, 2.75) is 271 Å². The van der Waals surface area contributed by atoms with Gasteiger partial charge < -0.3 is 133 Å². The molecular formula is C80H128N12O36. The highest BCUT2D eigenvalue weighted by Crippen LogP contribution is 2.32. The number of carbonyl (C=O) groups excluding carboxylic acids is 18. The third-order valence-electron chi connectivity index (χ3n) is 18.6. The third kappa shape index (κ3) is 48.0. The summed E-state index contributed by atoms with van der Waals surface area (Å²) in [7, 11) is 0. The minimum absolute atomic E-state index is 0.00669. The number of hydrogen-bond acceptors (Lipinski definition) is 37. The Kier molecular flexibility index (Phi) is 54.6. The van der Waals surface area contributed by atoms with Crippen LogP contribution in [0.2, 0.25) is 0 Å². The molecule has 724 valence electrons. The van der Waals surface area contributed by atoms with Gasteiger partial charge in [-0.25, -0.2) is 0 Å². The summed E-state index contributed by atoms with van der Waals surface area (Å²) < 4.78 is 102. The van der Waals surface area contributed by atoms with Crippen LogP contribution in [0, 0.1) is 5.41 Å². The Morgan fingerprint density at radius 1 is 0.305 bits per heavy atom. The average molecular weight is 1830 g/mol. The Morgan fingerprint density at radius 2 is 0.539 bits per heavy atom. The fourth-order valence-corrected chi connectivity index (χ4v) is 13.0. The summed E-state index contributed by atoms with van der Waals surface area (Å²) in [6, 6.07) is -3.49. The van der Waals surface area contributed by atoms with E-state index in [1.807, 2.05) is 0 Å². The molecule has 3 fully saturated rings. The quantitative estimate of drug-likeness (QED) is 0.00871. The van der Waals surface area contributed by atoms with Crippen LogP contribution in [0.15, 0.2) is 5.11 Å². The maximum absolute atomic E-state index is 13.0. The second-order valence-corrected chi connectivity index (χ2v) is 30.1. The van der Waals surface area contributed by atoms with Crippen LogP contribution >= 0.6 is 0 Å². The van der Waals surface area contributed by atoms with Gasteiger partial charge in [0.1, 0.15) is 56.3 Å². The van der Waals surface area contributed by atoms with Gasteiger partial charge in [0.25, 0.3) is 0 Å². The standard InChI is InChI=1S/C80H128N12O36/c1-47(93)89-68-74(123-56(10)102)71(120-53(7)99)59(40-117-50(4)96)126-77(68)114-34-16-13-22-62(105)82-28-19-31-85-65(108)25-37-111-44-80(43-88-92-81,45-112-38-26-66(109)86-32-20-29-83-63(106)23-14-17-35-115-78-69(90-48(2)94)75(124-57(11)103)72(121-54(8)100)60(127-78)41-118-51(5)97)46-113-39-27-67(110)87-33-21-30-84-64(107)24-15-18-36-116-79-70(91-49(3)95)76(125-58(12)104)73(122-55(9)101)61(128-79)42-119-52(6)98/h59-61,68-79H,13-46H2,1-12H3,(H,82,105)(H,83,106)(H,84,107)(H,85,108)(H,86,109)(H,87,110)(H,89,93)(H,90,94)(H,91,95)/t59?,60?,61?,68?,69?,70?,71-,72-,73-,74-,75?,76?,77-,78-,79-,80?/m1/s1. The molecule has 3 saturated heterocycles. The first-order chi connectivity index (χ1) is 60.8. The van der Waals surface area contributed by atoms with Crippen LogP contribution in [0.5, 0.6) is 0 Å². The molecule has 9 N–H and O–H groups in total. The maximum atomic E-state index is 13.0. The summed E-state index contributed by atoms with van der Waals surface area (Å²) in [5.74, 6) is -10.4. The lowest BCUT2D eigenvalue weighted by Crippen LogP contribution is -2.66. The second-order valence-electron chi connectivity index (χ2n) is 30.1. The van der Waals surface area contributed by atoms with Crippen LogP contribution in [0.25, 0.3) is 10.4 Å². The zero-order chi connectivity index (χ0) is 95.1. The van der Waals surface area contributed by atoms with Crippen molar-refractivity contribution in [3.05, 3.63) is 10.4 Å². The van der Waals surface area contributed by atoms with Gasteiger partial charge >= 0.3 is 53.7 Å². The molecule has 0 aromatic rings. The first kappa shape index (κ1) is 112. The molecule has 9 amide bonds. The van der Waals surface area contributed by atoms with E-state index in [0.717, 1.165) is 62.3 Å². The van der Waals surface area contributed by atoms with Crippen molar-refractivity contribution in [1.82, 2.24) is 47.9 Å². The van der Waals surface area contributed by atoms with Crippen molar-refractivity contribution in [2.75, 3.05) is 125 Å². The highest BCUT2D eigenvalue weighted by molar-refractivity contribution is 5.79. The van der Waals surface area contributed by atoms with Gasteiger partial charge in [-0.2, -0.15) is 0 Å². The number of nitrogens with one attached hydrogen (secondary N) is 9. The summed E-state index contributed by atoms with van der Waals surface area (Å²) in [5, 5.41) is 28.2. The first-order valence-electron chi connectivity index (χ1n) is 42.2. The molecule has 48 heteroatoms. The van der Waals surface area contributed by atoms with Gasteiger partial charge in [-0.15, -0.1) is 0 Å². The molecule has 3 aliphatic heterocycles. The van der Waals surface area contributed by atoms with E-state index in [-0.39, 0.29) is 162 Å². The predicted molar refractivity (Wildman–Crippen MR) is 436 cm³/mol. The lowest BCUT2D eigenvalue weighted by Gasteiger charge is -2.44. The van der Waals surface area contributed by atoms with Gasteiger partial charge in [-0.1, -0.05) is 5.11 Å². The summed E-state index contributed by atoms with van der Waals surface area (Å²) in [4.78, 5) is 225. The number of amides is 9. The van der Waals surface area contributed by atoms with E-state index in [9.17, 15) is 91.8 Å². The van der Waals surface area contributed by atoms with E-state index in [2.05, 4.69) is 57.9 Å². The smallest absolute Gasteiger partial charge is 0.303 e. The molecule has 48 nitrogen and oxygen atoms in total. The van der Waals surface area contributed by atoms with Gasteiger partial charge in [0.15, 0.2) is 55.5 Å². The average Bonchev–Trinajstić information content (AvgIpc) is 0.795. The van der Waals surface area contributed by atoms with E-state index in [1.54, 1.807) is 0 Å². The largest absolute Gasteiger partial charge is 0.463 e. The SMILES string of the molecule is CC(=O)NC1C(OC(C)=O)[C@H](OC(C)=O)C(COC(C)=O)O[C@H]1OCCCCC(=O)NCCCNC(=O)CCOCC(CN=[N+]=[N-])(COCCC(=O)NCCCNC(=O)CCCCO[C@@H]1OC(COC(C)=O)[C@@H](OC(C)=O)C(OC(C)=O)C1NC(C)=O)COCCC(=O)NCCCNC(=O)CCCCO[C@@H]1OC(COC(C)=O)[C@@H](OC(C)=O)[C@H](OC(C)=O)C1NC(C)=O. The van der Waals surface area contributed by atoms with Crippen molar-refractivity contribution in [1.29, 1.82) is 0 Å². The van der Waals surface area contributed by atoms with Crippen LogP contribution in [0.1, 0.15) is 179 Å². The topological polar surface area (TPSA) is 630 Å². The van der Waals surface area contributed by atoms with Gasteiger partial charge in [-0.3, -0.25) is 86.3 Å². The lowest BCUT2D eigenvalue weighted by atomic mass is 9.91. The summed E-state index contributed by atoms with van der Waals surface area (Å²) in [6.45, 7) is 12.4. The van der Waals surface area contributed by atoms with Crippen LogP contribution < -0.4 is 47.9 Å². The van der Waals surface area contributed by atoms with E-state index < -0.39 is 206 Å². The molecule has 0 bridgehead atoms. The fourth-order valence-electron chi connectivity index (χ4n) is 13.0. The van der Waals surface area contributed by atoms with Crippen molar-refractivity contribution in [3.8, 4) is 0 Å². The minimum Gasteiger partial charge on any atom is -0.463 e. The molecule has 3 aliphatic rings. The highest BCUT2D eigenvalue weighted by Gasteiger charge is 2.54. The number of carbonyl (C=O) groups is 18. The molecule has 3 rings (SSSR count). The Morgan fingerprint density at radius 3 is 0.758 bits per heavy atom.